The van der Waals surface area contributed by atoms with Crippen molar-refractivity contribution in [3.8, 4) is 0 Å². The number of aromatic nitrogens is 2. The van der Waals surface area contributed by atoms with Crippen LogP contribution in [0.4, 0.5) is 0 Å². The van der Waals surface area contributed by atoms with Crippen LogP contribution in [-0.4, -0.2) is 16.5 Å². The summed E-state index contributed by atoms with van der Waals surface area (Å²) in [5.74, 6) is 0. The SMILES string of the molecule is NCC1(c2ccc3[nH]c(=O)cnc3c2)CCCC1. The summed E-state index contributed by atoms with van der Waals surface area (Å²) in [6, 6.07) is 6.09. The van der Waals surface area contributed by atoms with Gasteiger partial charge in [-0.25, -0.2) is 4.98 Å². The van der Waals surface area contributed by atoms with Gasteiger partial charge in [0, 0.05) is 12.0 Å². The first-order valence-corrected chi connectivity index (χ1v) is 6.43. The number of aromatic amines is 1. The highest BCUT2D eigenvalue weighted by molar-refractivity contribution is 5.74. The lowest BCUT2D eigenvalue weighted by Gasteiger charge is -2.27. The summed E-state index contributed by atoms with van der Waals surface area (Å²) in [6.45, 7) is 0.682. The maximum atomic E-state index is 11.2. The van der Waals surface area contributed by atoms with E-state index in [4.69, 9.17) is 5.73 Å². The zero-order valence-electron chi connectivity index (χ0n) is 10.3. The minimum Gasteiger partial charge on any atom is -0.330 e. The van der Waals surface area contributed by atoms with Crippen molar-refractivity contribution in [2.75, 3.05) is 6.54 Å². The highest BCUT2D eigenvalue weighted by Crippen LogP contribution is 2.40. The number of hydrogen-bond acceptors (Lipinski definition) is 3. The van der Waals surface area contributed by atoms with Crippen LogP contribution in [0.15, 0.2) is 29.2 Å². The number of hydrogen-bond donors (Lipinski definition) is 2. The largest absolute Gasteiger partial charge is 0.330 e. The topological polar surface area (TPSA) is 71.8 Å². The van der Waals surface area contributed by atoms with Crippen LogP contribution in [0.25, 0.3) is 11.0 Å². The number of rotatable bonds is 2. The van der Waals surface area contributed by atoms with E-state index in [2.05, 4.69) is 22.1 Å². The molecular formula is C14H17N3O. The van der Waals surface area contributed by atoms with Crippen molar-refractivity contribution in [3.05, 3.63) is 40.3 Å². The van der Waals surface area contributed by atoms with E-state index in [1.54, 1.807) is 0 Å². The van der Waals surface area contributed by atoms with Crippen LogP contribution in [0.1, 0.15) is 31.2 Å². The van der Waals surface area contributed by atoms with Gasteiger partial charge in [-0.15, -0.1) is 0 Å². The van der Waals surface area contributed by atoms with Gasteiger partial charge >= 0.3 is 0 Å². The summed E-state index contributed by atoms with van der Waals surface area (Å²) in [6.07, 6.45) is 6.12. The number of nitrogens with two attached hydrogens (primary N) is 1. The zero-order valence-corrected chi connectivity index (χ0v) is 10.3. The van der Waals surface area contributed by atoms with Gasteiger partial charge < -0.3 is 10.7 Å². The van der Waals surface area contributed by atoms with Crippen molar-refractivity contribution >= 4 is 11.0 Å². The molecular weight excluding hydrogens is 226 g/mol. The van der Waals surface area contributed by atoms with Gasteiger partial charge in [-0.1, -0.05) is 18.9 Å². The van der Waals surface area contributed by atoms with Gasteiger partial charge in [0.25, 0.3) is 5.56 Å². The van der Waals surface area contributed by atoms with Crippen LogP contribution in [0.3, 0.4) is 0 Å². The fourth-order valence-corrected chi connectivity index (χ4v) is 3.03. The van der Waals surface area contributed by atoms with Crippen LogP contribution in [0.5, 0.6) is 0 Å². The van der Waals surface area contributed by atoms with Crippen molar-refractivity contribution in [1.29, 1.82) is 0 Å². The summed E-state index contributed by atoms with van der Waals surface area (Å²) < 4.78 is 0. The van der Waals surface area contributed by atoms with E-state index in [0.29, 0.717) is 6.54 Å². The molecule has 4 heteroatoms. The third kappa shape index (κ3) is 1.73. The molecule has 4 nitrogen and oxygen atoms in total. The summed E-state index contributed by atoms with van der Waals surface area (Å²) in [5.41, 5.74) is 8.83. The van der Waals surface area contributed by atoms with Crippen molar-refractivity contribution in [1.82, 2.24) is 9.97 Å². The Labute approximate surface area is 105 Å². The molecule has 2 aromatic rings. The summed E-state index contributed by atoms with van der Waals surface area (Å²) in [5, 5.41) is 0. The van der Waals surface area contributed by atoms with Gasteiger partial charge in [-0.05, 0) is 30.5 Å². The van der Waals surface area contributed by atoms with Crippen molar-refractivity contribution in [3.63, 3.8) is 0 Å². The number of benzene rings is 1. The van der Waals surface area contributed by atoms with Gasteiger partial charge in [0.2, 0.25) is 0 Å². The summed E-state index contributed by atoms with van der Waals surface area (Å²) in [7, 11) is 0. The van der Waals surface area contributed by atoms with Gasteiger partial charge in [0.1, 0.15) is 0 Å². The Bertz CT molecular complexity index is 626. The van der Waals surface area contributed by atoms with Crippen LogP contribution in [-0.2, 0) is 5.41 Å². The molecule has 1 fully saturated rings. The van der Waals surface area contributed by atoms with E-state index in [1.807, 2.05) is 6.07 Å². The Balaban J connectivity index is 2.13. The maximum absolute atomic E-state index is 11.2. The predicted molar refractivity (Wildman–Crippen MR) is 71.6 cm³/mol. The second-order valence-electron chi connectivity index (χ2n) is 5.17. The molecule has 1 aliphatic rings. The number of H-pyrrole nitrogens is 1. The molecule has 0 aliphatic heterocycles. The first-order valence-electron chi connectivity index (χ1n) is 6.43. The molecule has 1 aromatic carbocycles. The van der Waals surface area contributed by atoms with Gasteiger partial charge in [-0.2, -0.15) is 0 Å². The fraction of sp³-hybridized carbons (Fsp3) is 0.429. The molecule has 1 aromatic heterocycles. The quantitative estimate of drug-likeness (QED) is 0.843. The minimum atomic E-state index is -0.162. The maximum Gasteiger partial charge on any atom is 0.266 e. The van der Waals surface area contributed by atoms with Crippen LogP contribution < -0.4 is 11.3 Å². The van der Waals surface area contributed by atoms with Crippen molar-refractivity contribution in [2.24, 2.45) is 5.73 Å². The average molecular weight is 243 g/mol. The standard InChI is InChI=1S/C14H17N3O/c15-9-14(5-1-2-6-14)10-3-4-11-12(7-10)16-8-13(18)17-11/h3-4,7-8H,1-2,5-6,9,15H2,(H,17,18). The normalized spacial score (nSPS) is 18.3. The molecule has 0 saturated heterocycles. The molecule has 0 amide bonds. The Morgan fingerprint density at radius 2 is 2.11 bits per heavy atom. The molecule has 0 spiro atoms. The molecule has 3 N–H and O–H groups in total. The van der Waals surface area contributed by atoms with Gasteiger partial charge in [0.05, 0.1) is 17.2 Å². The highest BCUT2D eigenvalue weighted by Gasteiger charge is 2.34. The fourth-order valence-electron chi connectivity index (χ4n) is 3.03. The Morgan fingerprint density at radius 3 is 2.83 bits per heavy atom. The van der Waals surface area contributed by atoms with E-state index < -0.39 is 0 Å². The third-order valence-electron chi connectivity index (χ3n) is 4.14. The lowest BCUT2D eigenvalue weighted by molar-refractivity contribution is 0.453. The van der Waals surface area contributed by atoms with E-state index in [0.717, 1.165) is 23.9 Å². The highest BCUT2D eigenvalue weighted by atomic mass is 16.1. The van der Waals surface area contributed by atoms with E-state index >= 15 is 0 Å². The Kier molecular flexibility index (Phi) is 2.67. The van der Waals surface area contributed by atoms with Crippen LogP contribution >= 0.6 is 0 Å². The first-order chi connectivity index (χ1) is 8.73. The minimum absolute atomic E-state index is 0.117. The first kappa shape index (κ1) is 11.4. The molecule has 94 valence electrons. The lowest BCUT2D eigenvalue weighted by atomic mass is 9.79. The molecule has 0 bridgehead atoms. The second-order valence-corrected chi connectivity index (χ2v) is 5.17. The Hall–Kier alpha value is -1.68. The zero-order chi connectivity index (χ0) is 12.6. The average Bonchev–Trinajstić information content (AvgIpc) is 2.88. The molecule has 1 heterocycles. The molecule has 0 atom stereocenters. The third-order valence-corrected chi connectivity index (χ3v) is 4.14. The summed E-state index contributed by atoms with van der Waals surface area (Å²) in [4.78, 5) is 18.2. The van der Waals surface area contributed by atoms with Crippen molar-refractivity contribution < 1.29 is 0 Å². The van der Waals surface area contributed by atoms with Gasteiger partial charge in [0.15, 0.2) is 0 Å². The summed E-state index contributed by atoms with van der Waals surface area (Å²) >= 11 is 0. The van der Waals surface area contributed by atoms with Crippen LogP contribution in [0.2, 0.25) is 0 Å². The molecule has 3 rings (SSSR count). The number of nitrogens with one attached hydrogen (secondary N) is 1. The van der Waals surface area contributed by atoms with E-state index in [-0.39, 0.29) is 11.0 Å². The Morgan fingerprint density at radius 1 is 1.33 bits per heavy atom. The molecule has 1 aliphatic carbocycles. The van der Waals surface area contributed by atoms with E-state index in [1.165, 1.54) is 24.6 Å². The number of fused-ring (bicyclic) bond motifs is 1. The molecule has 18 heavy (non-hydrogen) atoms. The smallest absolute Gasteiger partial charge is 0.266 e. The predicted octanol–water partition coefficient (Wildman–Crippen LogP) is 1.69. The van der Waals surface area contributed by atoms with Crippen molar-refractivity contribution in [2.45, 2.75) is 31.1 Å². The van der Waals surface area contributed by atoms with E-state index in [9.17, 15) is 4.79 Å². The molecule has 0 radical (unpaired) electrons. The monoisotopic (exact) mass is 243 g/mol. The van der Waals surface area contributed by atoms with Gasteiger partial charge in [-0.3, -0.25) is 4.79 Å². The molecule has 1 saturated carbocycles. The van der Waals surface area contributed by atoms with Crippen LogP contribution in [0, 0.1) is 0 Å². The molecule has 0 unspecified atom stereocenters. The number of nitrogens with zero attached hydrogens (tertiary/aromatic N) is 1. The lowest BCUT2D eigenvalue weighted by Crippen LogP contribution is -2.32. The second kappa shape index (κ2) is 4.21.